The largest absolute Gasteiger partial charge is 0.457 e. The summed E-state index contributed by atoms with van der Waals surface area (Å²) in [5.74, 6) is 1.77. The molecule has 0 radical (unpaired) electrons. The van der Waals surface area contributed by atoms with Gasteiger partial charge in [0.2, 0.25) is 0 Å². The maximum Gasteiger partial charge on any atom is 0.132 e. The van der Waals surface area contributed by atoms with Crippen molar-refractivity contribution < 1.29 is 4.74 Å². The minimum Gasteiger partial charge on any atom is -0.457 e. The van der Waals surface area contributed by atoms with Crippen molar-refractivity contribution in [2.45, 2.75) is 5.41 Å². The third-order valence-electron chi connectivity index (χ3n) is 7.88. The summed E-state index contributed by atoms with van der Waals surface area (Å²) in [5, 5.41) is 3.05. The fourth-order valence-corrected chi connectivity index (χ4v) is 6.57. The first kappa shape index (κ1) is 20.8. The smallest absolute Gasteiger partial charge is 0.132 e. The molecule has 8 rings (SSSR count). The third-order valence-corrected chi connectivity index (χ3v) is 8.12. The van der Waals surface area contributed by atoms with Crippen molar-refractivity contribution in [1.82, 2.24) is 4.98 Å². The highest BCUT2D eigenvalue weighted by Crippen LogP contribution is 2.62. The van der Waals surface area contributed by atoms with Gasteiger partial charge in [-0.2, -0.15) is 0 Å². The van der Waals surface area contributed by atoms with Crippen LogP contribution in [0.5, 0.6) is 11.5 Å². The molecule has 1 aromatic heterocycles. The highest BCUT2D eigenvalue weighted by Gasteiger charge is 2.51. The molecule has 1 spiro atoms. The van der Waals surface area contributed by atoms with Gasteiger partial charge in [-0.15, -0.1) is 0 Å². The number of halogens is 1. The van der Waals surface area contributed by atoms with Crippen molar-refractivity contribution in [2.24, 2.45) is 0 Å². The quantitative estimate of drug-likeness (QED) is 0.227. The van der Waals surface area contributed by atoms with Crippen LogP contribution >= 0.6 is 11.6 Å². The number of fused-ring (bicyclic) bond motifs is 10. The van der Waals surface area contributed by atoms with Gasteiger partial charge in [0.25, 0.3) is 0 Å². The molecule has 0 saturated heterocycles. The van der Waals surface area contributed by atoms with Crippen LogP contribution in [0.4, 0.5) is 0 Å². The van der Waals surface area contributed by atoms with Crippen molar-refractivity contribution in [3.8, 4) is 33.8 Å². The number of hydrogen-bond donors (Lipinski definition) is 0. The van der Waals surface area contributed by atoms with Gasteiger partial charge in [-0.05, 0) is 63.5 Å². The van der Waals surface area contributed by atoms with Crippen LogP contribution in [0.25, 0.3) is 33.0 Å². The molecule has 174 valence electrons. The standard InChI is InChI=1S/C34H20ClNO/c35-23-14-16-29-26(18-23)25-17-21(27-20-36-19-22-7-1-2-8-24(22)27)13-15-28(25)34(29)30-9-3-5-11-32(30)37-33-12-6-4-10-31(33)34/h1-20H. The lowest BCUT2D eigenvalue weighted by Gasteiger charge is -2.39. The summed E-state index contributed by atoms with van der Waals surface area (Å²) in [4.78, 5) is 4.55. The Bertz CT molecular complexity index is 1840. The summed E-state index contributed by atoms with van der Waals surface area (Å²) in [6.07, 6.45) is 3.89. The predicted molar refractivity (Wildman–Crippen MR) is 150 cm³/mol. The van der Waals surface area contributed by atoms with Gasteiger partial charge in [0.1, 0.15) is 11.5 Å². The second-order valence-electron chi connectivity index (χ2n) is 9.70. The molecule has 6 aromatic rings. The van der Waals surface area contributed by atoms with Crippen LogP contribution in [-0.4, -0.2) is 4.98 Å². The van der Waals surface area contributed by atoms with Gasteiger partial charge in [-0.1, -0.05) is 90.5 Å². The number of aromatic nitrogens is 1. The summed E-state index contributed by atoms with van der Waals surface area (Å²) in [5.41, 5.74) is 8.88. The van der Waals surface area contributed by atoms with Crippen LogP contribution in [0.1, 0.15) is 22.3 Å². The molecule has 3 heteroatoms. The Morgan fingerprint density at radius 2 is 1.22 bits per heavy atom. The Kier molecular flexibility index (Phi) is 4.24. The monoisotopic (exact) mass is 493 g/mol. The number of rotatable bonds is 1. The van der Waals surface area contributed by atoms with Gasteiger partial charge in [-0.25, -0.2) is 0 Å². The number of ether oxygens (including phenoxy) is 1. The van der Waals surface area contributed by atoms with E-state index in [1.165, 1.54) is 22.1 Å². The molecule has 2 nitrogen and oxygen atoms in total. The van der Waals surface area contributed by atoms with Gasteiger partial charge in [0.05, 0.1) is 5.41 Å². The lowest BCUT2D eigenvalue weighted by Crippen LogP contribution is -2.32. The average Bonchev–Trinajstić information content (AvgIpc) is 3.22. The van der Waals surface area contributed by atoms with E-state index in [2.05, 4.69) is 96.0 Å². The van der Waals surface area contributed by atoms with Crippen molar-refractivity contribution in [3.63, 3.8) is 0 Å². The minimum atomic E-state index is -0.490. The van der Waals surface area contributed by atoms with Crippen LogP contribution < -0.4 is 4.74 Å². The molecular weight excluding hydrogens is 474 g/mol. The number of hydrogen-bond acceptors (Lipinski definition) is 2. The zero-order chi connectivity index (χ0) is 24.6. The molecule has 0 amide bonds. The Morgan fingerprint density at radius 1 is 0.568 bits per heavy atom. The normalized spacial score (nSPS) is 14.0. The predicted octanol–water partition coefficient (Wildman–Crippen LogP) is 9.02. The fraction of sp³-hybridized carbons (Fsp3) is 0.0294. The zero-order valence-electron chi connectivity index (χ0n) is 19.8. The van der Waals surface area contributed by atoms with E-state index in [-0.39, 0.29) is 0 Å². The Balaban J connectivity index is 1.49. The first-order chi connectivity index (χ1) is 18.2. The van der Waals surface area contributed by atoms with Crippen molar-refractivity contribution in [2.75, 3.05) is 0 Å². The van der Waals surface area contributed by atoms with E-state index in [4.69, 9.17) is 16.3 Å². The van der Waals surface area contributed by atoms with E-state index in [1.807, 2.05) is 30.6 Å². The topological polar surface area (TPSA) is 22.1 Å². The highest BCUT2D eigenvalue weighted by atomic mass is 35.5. The van der Waals surface area contributed by atoms with E-state index >= 15 is 0 Å². The molecule has 0 atom stereocenters. The summed E-state index contributed by atoms with van der Waals surface area (Å²) in [6.45, 7) is 0. The van der Waals surface area contributed by atoms with Crippen LogP contribution in [0.15, 0.2) is 122 Å². The molecule has 0 N–H and O–H groups in total. The summed E-state index contributed by atoms with van der Waals surface area (Å²) in [7, 11) is 0. The van der Waals surface area contributed by atoms with Gasteiger partial charge < -0.3 is 4.74 Å². The second kappa shape index (κ2) is 7.55. The molecule has 0 unspecified atom stereocenters. The molecular formula is C34H20ClNO. The maximum absolute atomic E-state index is 6.62. The van der Waals surface area contributed by atoms with Crippen LogP contribution in [0, 0.1) is 0 Å². The van der Waals surface area contributed by atoms with Crippen molar-refractivity contribution in [3.05, 3.63) is 149 Å². The van der Waals surface area contributed by atoms with Crippen molar-refractivity contribution in [1.29, 1.82) is 0 Å². The van der Waals surface area contributed by atoms with E-state index in [0.717, 1.165) is 49.7 Å². The molecule has 1 aliphatic heterocycles. The Hall–Kier alpha value is -4.40. The van der Waals surface area contributed by atoms with Gasteiger partial charge >= 0.3 is 0 Å². The van der Waals surface area contributed by atoms with E-state index < -0.39 is 5.41 Å². The molecule has 1 aliphatic carbocycles. The molecule has 2 heterocycles. The zero-order valence-corrected chi connectivity index (χ0v) is 20.5. The molecule has 0 bridgehead atoms. The van der Waals surface area contributed by atoms with Gasteiger partial charge in [0.15, 0.2) is 0 Å². The maximum atomic E-state index is 6.62. The summed E-state index contributed by atoms with van der Waals surface area (Å²) in [6, 6.07) is 38.3. The van der Waals surface area contributed by atoms with Crippen LogP contribution in [0.2, 0.25) is 5.02 Å². The second-order valence-corrected chi connectivity index (χ2v) is 10.1. The Labute approximate surface area is 219 Å². The molecule has 2 aliphatic rings. The fourth-order valence-electron chi connectivity index (χ4n) is 6.39. The van der Waals surface area contributed by atoms with E-state index in [1.54, 1.807) is 0 Å². The first-order valence-corrected chi connectivity index (χ1v) is 12.8. The lowest BCUT2D eigenvalue weighted by atomic mass is 9.66. The number of nitrogens with zero attached hydrogens (tertiary/aromatic N) is 1. The molecule has 5 aromatic carbocycles. The summed E-state index contributed by atoms with van der Waals surface area (Å²) < 4.78 is 6.42. The van der Waals surface area contributed by atoms with E-state index in [0.29, 0.717) is 0 Å². The number of pyridine rings is 1. The average molecular weight is 494 g/mol. The number of para-hydroxylation sites is 2. The Morgan fingerprint density at radius 3 is 2.00 bits per heavy atom. The van der Waals surface area contributed by atoms with Crippen LogP contribution in [0.3, 0.4) is 0 Å². The van der Waals surface area contributed by atoms with Gasteiger partial charge in [-0.3, -0.25) is 4.98 Å². The molecule has 0 saturated carbocycles. The highest BCUT2D eigenvalue weighted by molar-refractivity contribution is 6.31. The van der Waals surface area contributed by atoms with Gasteiger partial charge in [0, 0.05) is 39.5 Å². The van der Waals surface area contributed by atoms with Crippen molar-refractivity contribution >= 4 is 22.4 Å². The first-order valence-electron chi connectivity index (χ1n) is 12.4. The molecule has 0 fully saturated rings. The minimum absolute atomic E-state index is 0.490. The third kappa shape index (κ3) is 2.74. The van der Waals surface area contributed by atoms with Crippen LogP contribution in [-0.2, 0) is 5.41 Å². The molecule has 37 heavy (non-hydrogen) atoms. The lowest BCUT2D eigenvalue weighted by molar-refractivity contribution is 0.436. The SMILES string of the molecule is Clc1ccc2c(c1)-c1cc(-c3cncc4ccccc34)ccc1C21c2ccccc2Oc2ccccc21. The van der Waals surface area contributed by atoms with E-state index in [9.17, 15) is 0 Å². The number of benzene rings is 5. The summed E-state index contributed by atoms with van der Waals surface area (Å²) >= 11 is 6.62.